The number of hydrogen-bond acceptors (Lipinski definition) is 6. The van der Waals surface area contributed by atoms with Gasteiger partial charge in [-0.2, -0.15) is 0 Å². The van der Waals surface area contributed by atoms with Gasteiger partial charge in [0.2, 0.25) is 0 Å². The van der Waals surface area contributed by atoms with E-state index in [4.69, 9.17) is 9.47 Å². The molecule has 1 saturated heterocycles. The van der Waals surface area contributed by atoms with E-state index in [9.17, 15) is 19.5 Å². The largest absolute Gasteiger partial charge is 0.479 e. The van der Waals surface area contributed by atoms with Crippen molar-refractivity contribution in [3.05, 3.63) is 59.7 Å². The van der Waals surface area contributed by atoms with Crippen LogP contribution in [-0.2, 0) is 14.3 Å². The van der Waals surface area contributed by atoms with Crippen LogP contribution < -0.4 is 5.32 Å². The molecule has 9 heteroatoms. The van der Waals surface area contributed by atoms with Crippen LogP contribution in [0.1, 0.15) is 63.5 Å². The highest BCUT2D eigenvalue weighted by Crippen LogP contribution is 2.45. The van der Waals surface area contributed by atoms with Gasteiger partial charge in [-0.25, -0.2) is 14.4 Å². The van der Waals surface area contributed by atoms with Crippen molar-refractivity contribution in [1.82, 2.24) is 15.1 Å². The number of aliphatic carboxylic acids is 1. The van der Waals surface area contributed by atoms with E-state index in [1.165, 1.54) is 4.90 Å². The van der Waals surface area contributed by atoms with Crippen molar-refractivity contribution in [2.24, 2.45) is 5.92 Å². The first-order chi connectivity index (χ1) is 19.5. The van der Waals surface area contributed by atoms with Crippen molar-refractivity contribution in [2.75, 3.05) is 33.3 Å². The number of carbonyl (C=O) groups is 3. The summed E-state index contributed by atoms with van der Waals surface area (Å²) in [5.41, 5.74) is 2.34. The van der Waals surface area contributed by atoms with Crippen LogP contribution in [0.2, 0.25) is 0 Å². The first kappa shape index (κ1) is 28.9. The molecule has 220 valence electrons. The molecule has 0 bridgehead atoms. The second-order valence-corrected chi connectivity index (χ2v) is 12.7. The third-order valence-electron chi connectivity index (χ3n) is 8.64. The van der Waals surface area contributed by atoms with Gasteiger partial charge in [-0.05, 0) is 81.9 Å². The molecule has 9 nitrogen and oxygen atoms in total. The van der Waals surface area contributed by atoms with Gasteiger partial charge in [0.15, 0.2) is 0 Å². The van der Waals surface area contributed by atoms with Crippen LogP contribution >= 0.6 is 0 Å². The molecule has 41 heavy (non-hydrogen) atoms. The van der Waals surface area contributed by atoms with E-state index >= 15 is 0 Å². The molecule has 0 atom stereocenters. The number of rotatable bonds is 7. The normalized spacial score (nSPS) is 22.7. The van der Waals surface area contributed by atoms with Crippen molar-refractivity contribution < 1.29 is 29.0 Å². The summed E-state index contributed by atoms with van der Waals surface area (Å²) in [6, 6.07) is 15.8. The zero-order valence-corrected chi connectivity index (χ0v) is 24.4. The van der Waals surface area contributed by atoms with Gasteiger partial charge in [0.25, 0.3) is 0 Å². The maximum absolute atomic E-state index is 13.8. The van der Waals surface area contributed by atoms with Crippen molar-refractivity contribution in [1.29, 1.82) is 0 Å². The minimum atomic E-state index is -1.45. The van der Waals surface area contributed by atoms with E-state index in [1.54, 1.807) is 20.8 Å². The molecule has 1 saturated carbocycles. The summed E-state index contributed by atoms with van der Waals surface area (Å²) in [5.74, 6) is -1.04. The fourth-order valence-corrected chi connectivity index (χ4v) is 6.44. The Morgan fingerprint density at radius 1 is 1.00 bits per heavy atom. The number of nitrogens with one attached hydrogen (secondary N) is 1. The van der Waals surface area contributed by atoms with Crippen molar-refractivity contribution in [3.63, 3.8) is 0 Å². The van der Waals surface area contributed by atoms with Crippen LogP contribution in [0.5, 0.6) is 0 Å². The van der Waals surface area contributed by atoms with Gasteiger partial charge < -0.3 is 24.8 Å². The Bertz CT molecular complexity index is 1240. The second kappa shape index (κ2) is 11.4. The first-order valence-corrected chi connectivity index (χ1v) is 14.5. The number of hydrogen-bond donors (Lipinski definition) is 2. The van der Waals surface area contributed by atoms with E-state index in [0.29, 0.717) is 6.54 Å². The third-order valence-corrected chi connectivity index (χ3v) is 8.64. The number of likely N-dealkylation sites (tertiary alicyclic amines) is 1. The molecule has 1 aliphatic heterocycles. The average Bonchev–Trinajstić information content (AvgIpc) is 3.21. The molecule has 0 radical (unpaired) electrons. The predicted molar refractivity (Wildman–Crippen MR) is 155 cm³/mol. The first-order valence-electron chi connectivity index (χ1n) is 14.5. The Labute approximate surface area is 241 Å². The minimum Gasteiger partial charge on any atom is -0.479 e. The number of fused-ring (bicyclic) bond motifs is 3. The Morgan fingerprint density at radius 2 is 1.56 bits per heavy atom. The Morgan fingerprint density at radius 3 is 2.10 bits per heavy atom. The van der Waals surface area contributed by atoms with Crippen LogP contribution in [0, 0.1) is 5.92 Å². The summed E-state index contributed by atoms with van der Waals surface area (Å²) in [5, 5.41) is 13.2. The summed E-state index contributed by atoms with van der Waals surface area (Å²) >= 11 is 0. The molecule has 0 spiro atoms. The zero-order chi connectivity index (χ0) is 29.4. The maximum Gasteiger partial charge on any atom is 0.410 e. The van der Waals surface area contributed by atoms with Crippen LogP contribution in [0.4, 0.5) is 9.59 Å². The molecular formula is C32H41N3O6. The van der Waals surface area contributed by atoms with E-state index in [0.717, 1.165) is 48.2 Å². The Kier molecular flexibility index (Phi) is 8.01. The van der Waals surface area contributed by atoms with E-state index in [-0.39, 0.29) is 31.3 Å². The molecule has 2 aliphatic carbocycles. The van der Waals surface area contributed by atoms with Gasteiger partial charge in [0.1, 0.15) is 17.7 Å². The van der Waals surface area contributed by atoms with Crippen LogP contribution in [-0.4, -0.2) is 83.5 Å². The summed E-state index contributed by atoms with van der Waals surface area (Å²) in [6.07, 6.45) is 0.725. The number of nitrogens with zero attached hydrogens (tertiary/aromatic N) is 2. The van der Waals surface area contributed by atoms with E-state index in [1.807, 2.05) is 24.3 Å². The van der Waals surface area contributed by atoms with E-state index in [2.05, 4.69) is 41.5 Å². The van der Waals surface area contributed by atoms with Gasteiger partial charge in [0, 0.05) is 31.3 Å². The van der Waals surface area contributed by atoms with Gasteiger partial charge in [-0.3, -0.25) is 4.90 Å². The Balaban J connectivity index is 1.34. The highest BCUT2D eigenvalue weighted by Gasteiger charge is 2.58. The van der Waals surface area contributed by atoms with Crippen molar-refractivity contribution in [3.8, 4) is 11.1 Å². The highest BCUT2D eigenvalue weighted by molar-refractivity contribution is 5.86. The smallest absolute Gasteiger partial charge is 0.410 e. The number of amides is 2. The number of alkyl carbamates (subject to hydrolysis) is 1. The van der Waals surface area contributed by atoms with Crippen LogP contribution in [0.25, 0.3) is 11.1 Å². The lowest BCUT2D eigenvalue weighted by atomic mass is 9.70. The lowest BCUT2D eigenvalue weighted by Gasteiger charge is -2.51. The molecule has 5 rings (SSSR count). The molecule has 0 aromatic heterocycles. The fraction of sp³-hybridized carbons (Fsp3) is 0.531. The summed E-state index contributed by atoms with van der Waals surface area (Å²) in [7, 11) is 2.07. The number of benzene rings is 2. The molecular weight excluding hydrogens is 522 g/mol. The maximum atomic E-state index is 13.8. The molecule has 2 aromatic rings. The van der Waals surface area contributed by atoms with Crippen LogP contribution in [0.3, 0.4) is 0 Å². The summed E-state index contributed by atoms with van der Waals surface area (Å²) in [6.45, 7) is 7.53. The SMILES string of the molecule is CN1CCC(CN(C(=O)OCC2c3ccccc3-c3ccccc32)C2(C(=O)O)CC(NC(=O)OC(C)(C)C)C2)CC1. The number of ether oxygens (including phenoxy) is 2. The molecule has 0 unspecified atom stereocenters. The lowest BCUT2D eigenvalue weighted by molar-refractivity contribution is -0.159. The molecule has 2 amide bonds. The quantitative estimate of drug-likeness (QED) is 0.483. The van der Waals surface area contributed by atoms with Crippen molar-refractivity contribution in [2.45, 2.75) is 69.6 Å². The van der Waals surface area contributed by atoms with Gasteiger partial charge in [-0.1, -0.05) is 48.5 Å². The predicted octanol–water partition coefficient (Wildman–Crippen LogP) is 5.09. The minimum absolute atomic E-state index is 0.0956. The third kappa shape index (κ3) is 6.05. The lowest BCUT2D eigenvalue weighted by Crippen LogP contribution is -2.69. The van der Waals surface area contributed by atoms with Gasteiger partial charge >= 0.3 is 18.2 Å². The highest BCUT2D eigenvalue weighted by atomic mass is 16.6. The fourth-order valence-electron chi connectivity index (χ4n) is 6.44. The monoisotopic (exact) mass is 563 g/mol. The number of carboxylic acid groups (broad SMARTS) is 1. The molecule has 2 aromatic carbocycles. The molecule has 3 aliphatic rings. The Hall–Kier alpha value is -3.59. The summed E-state index contributed by atoms with van der Waals surface area (Å²) < 4.78 is 11.3. The molecule has 2 N–H and O–H groups in total. The number of piperidine rings is 1. The van der Waals surface area contributed by atoms with Crippen molar-refractivity contribution >= 4 is 18.2 Å². The van der Waals surface area contributed by atoms with Crippen LogP contribution in [0.15, 0.2) is 48.5 Å². The van der Waals surface area contributed by atoms with E-state index < -0.39 is 35.3 Å². The molecule has 2 fully saturated rings. The average molecular weight is 564 g/mol. The zero-order valence-electron chi connectivity index (χ0n) is 24.4. The van der Waals surface area contributed by atoms with Gasteiger partial charge in [-0.15, -0.1) is 0 Å². The second-order valence-electron chi connectivity index (χ2n) is 12.7. The summed E-state index contributed by atoms with van der Waals surface area (Å²) in [4.78, 5) is 42.7. The van der Waals surface area contributed by atoms with Gasteiger partial charge in [0.05, 0.1) is 0 Å². The number of carbonyl (C=O) groups excluding carboxylic acids is 2. The molecule has 1 heterocycles. The standard InChI is InChI=1S/C32H41N3O6/c1-31(2,3)41-29(38)33-22-17-32(18-22,28(36)37)35(19-21-13-15-34(4)16-14-21)30(39)40-20-27-25-11-7-5-9-23(25)24-10-6-8-12-26(24)27/h5-12,21-22,27H,13-20H2,1-4H3,(H,33,38)(H,36,37). The topological polar surface area (TPSA) is 108 Å². The number of carboxylic acids is 1.